The lowest BCUT2D eigenvalue weighted by atomic mass is 10.2. The van der Waals surface area contributed by atoms with Gasteiger partial charge >= 0.3 is 0 Å². The summed E-state index contributed by atoms with van der Waals surface area (Å²) in [6.45, 7) is 7.68. The maximum Gasteiger partial charge on any atom is 0.169 e. The monoisotopic (exact) mass is 150 g/mol. The Hall–Kier alpha value is -0.850. The lowest BCUT2D eigenvalue weighted by molar-refractivity contribution is -0.702. The van der Waals surface area contributed by atoms with Crippen LogP contribution in [0.1, 0.15) is 19.4 Å². The van der Waals surface area contributed by atoms with Gasteiger partial charge < -0.3 is 0 Å². The molecule has 11 heavy (non-hydrogen) atoms. The van der Waals surface area contributed by atoms with Gasteiger partial charge in [-0.2, -0.15) is 0 Å². The van der Waals surface area contributed by atoms with Crippen molar-refractivity contribution in [3.63, 3.8) is 0 Å². The lowest BCUT2D eigenvalue weighted by Gasteiger charge is -1.99. The molecule has 0 unspecified atom stereocenters. The fourth-order valence-electron chi connectivity index (χ4n) is 1.08. The van der Waals surface area contributed by atoms with Gasteiger partial charge in [0.05, 0.1) is 0 Å². The van der Waals surface area contributed by atoms with Gasteiger partial charge in [0, 0.05) is 18.1 Å². The smallest absolute Gasteiger partial charge is 0.169 e. The van der Waals surface area contributed by atoms with Crippen LogP contribution in [0.2, 0.25) is 0 Å². The van der Waals surface area contributed by atoms with E-state index >= 15 is 0 Å². The molecule has 0 saturated heterocycles. The Morgan fingerprint density at radius 1 is 1.27 bits per heavy atom. The fourth-order valence-corrected chi connectivity index (χ4v) is 1.08. The highest BCUT2D eigenvalue weighted by Gasteiger charge is 2.01. The third-order valence-electron chi connectivity index (χ3n) is 1.63. The summed E-state index contributed by atoms with van der Waals surface area (Å²) in [7, 11) is 0. The van der Waals surface area contributed by atoms with Crippen LogP contribution in [-0.2, 0) is 6.54 Å². The number of hydrogen-bond acceptors (Lipinski definition) is 0. The largest absolute Gasteiger partial charge is 0.205 e. The van der Waals surface area contributed by atoms with E-state index in [1.54, 1.807) is 0 Å². The second kappa shape index (κ2) is 3.51. The number of nitrogens with zero attached hydrogens (tertiary/aromatic N) is 1. The summed E-state index contributed by atoms with van der Waals surface area (Å²) in [5.41, 5.74) is 1.32. The molecule has 1 aromatic rings. The van der Waals surface area contributed by atoms with Gasteiger partial charge in [-0.05, 0) is 12.5 Å². The Kier molecular flexibility index (Phi) is 2.64. The van der Waals surface area contributed by atoms with Crippen molar-refractivity contribution in [2.24, 2.45) is 5.92 Å². The Morgan fingerprint density at radius 3 is 2.27 bits per heavy atom. The Bertz CT molecular complexity index is 211. The molecule has 1 rings (SSSR count). The van der Waals surface area contributed by atoms with E-state index in [0.29, 0.717) is 0 Å². The highest BCUT2D eigenvalue weighted by molar-refractivity contribution is 5.03. The van der Waals surface area contributed by atoms with Crippen LogP contribution >= 0.6 is 0 Å². The molecule has 0 spiro atoms. The van der Waals surface area contributed by atoms with Crippen molar-refractivity contribution in [2.75, 3.05) is 0 Å². The third-order valence-corrected chi connectivity index (χ3v) is 1.63. The SMILES string of the molecule is Cc1cc[n+](CC(C)C)cc1. The molecule has 1 nitrogen and oxygen atoms in total. The van der Waals surface area contributed by atoms with E-state index in [1.165, 1.54) is 5.56 Å². The van der Waals surface area contributed by atoms with E-state index in [0.717, 1.165) is 12.5 Å². The number of rotatable bonds is 2. The summed E-state index contributed by atoms with van der Waals surface area (Å²) in [6.07, 6.45) is 4.27. The molecule has 60 valence electrons. The van der Waals surface area contributed by atoms with E-state index in [-0.39, 0.29) is 0 Å². The first-order valence-electron chi connectivity index (χ1n) is 4.14. The summed E-state index contributed by atoms with van der Waals surface area (Å²) < 4.78 is 2.22. The molecule has 0 atom stereocenters. The van der Waals surface area contributed by atoms with Gasteiger partial charge in [0.2, 0.25) is 0 Å². The molecule has 0 aliphatic carbocycles. The number of aryl methyl sites for hydroxylation is 1. The van der Waals surface area contributed by atoms with Gasteiger partial charge in [0.25, 0.3) is 0 Å². The zero-order valence-electron chi connectivity index (χ0n) is 7.54. The van der Waals surface area contributed by atoms with Crippen molar-refractivity contribution in [3.8, 4) is 0 Å². The van der Waals surface area contributed by atoms with Crippen molar-refractivity contribution >= 4 is 0 Å². The maximum atomic E-state index is 2.23. The van der Waals surface area contributed by atoms with Crippen molar-refractivity contribution in [2.45, 2.75) is 27.3 Å². The van der Waals surface area contributed by atoms with Crippen LogP contribution in [0, 0.1) is 12.8 Å². The van der Waals surface area contributed by atoms with Crippen molar-refractivity contribution < 1.29 is 4.57 Å². The molecular weight excluding hydrogens is 134 g/mol. The minimum atomic E-state index is 0.725. The van der Waals surface area contributed by atoms with Crippen LogP contribution < -0.4 is 4.57 Å². The van der Waals surface area contributed by atoms with Crippen LogP contribution in [0.15, 0.2) is 24.5 Å². The molecule has 0 saturated carbocycles. The molecule has 0 bridgehead atoms. The van der Waals surface area contributed by atoms with Gasteiger partial charge in [-0.3, -0.25) is 0 Å². The molecule has 0 fully saturated rings. The second-order valence-electron chi connectivity index (χ2n) is 3.47. The number of pyridine rings is 1. The number of aromatic nitrogens is 1. The molecule has 0 aromatic carbocycles. The zero-order valence-corrected chi connectivity index (χ0v) is 7.54. The molecular formula is C10H16N+. The quantitative estimate of drug-likeness (QED) is 0.567. The van der Waals surface area contributed by atoms with E-state index in [2.05, 4.69) is 49.9 Å². The average Bonchev–Trinajstić information content (AvgIpc) is 1.93. The third kappa shape index (κ3) is 2.71. The summed E-state index contributed by atoms with van der Waals surface area (Å²) in [4.78, 5) is 0. The van der Waals surface area contributed by atoms with Gasteiger partial charge in [-0.1, -0.05) is 13.8 Å². The van der Waals surface area contributed by atoms with Crippen LogP contribution in [-0.4, -0.2) is 0 Å². The van der Waals surface area contributed by atoms with Crippen LogP contribution in [0.25, 0.3) is 0 Å². The van der Waals surface area contributed by atoms with Gasteiger partial charge in [0.1, 0.15) is 0 Å². The van der Waals surface area contributed by atoms with Crippen LogP contribution in [0.3, 0.4) is 0 Å². The van der Waals surface area contributed by atoms with Gasteiger partial charge in [-0.15, -0.1) is 0 Å². The minimum Gasteiger partial charge on any atom is -0.205 e. The van der Waals surface area contributed by atoms with E-state index < -0.39 is 0 Å². The van der Waals surface area contributed by atoms with Gasteiger partial charge in [-0.25, -0.2) is 4.57 Å². The van der Waals surface area contributed by atoms with Crippen molar-refractivity contribution in [1.29, 1.82) is 0 Å². The van der Waals surface area contributed by atoms with Gasteiger partial charge in [0.15, 0.2) is 18.9 Å². The summed E-state index contributed by atoms with van der Waals surface area (Å²) in [5.74, 6) is 0.725. The second-order valence-corrected chi connectivity index (χ2v) is 3.47. The molecule has 1 aromatic heterocycles. The average molecular weight is 150 g/mol. The fraction of sp³-hybridized carbons (Fsp3) is 0.500. The predicted octanol–water partition coefficient (Wildman–Crippen LogP) is 1.94. The molecule has 0 N–H and O–H groups in total. The van der Waals surface area contributed by atoms with Crippen molar-refractivity contribution in [3.05, 3.63) is 30.1 Å². The normalized spacial score (nSPS) is 10.5. The molecule has 1 heteroatoms. The van der Waals surface area contributed by atoms with Crippen LogP contribution in [0.4, 0.5) is 0 Å². The standard InChI is InChI=1S/C10H16N/c1-9(2)8-11-6-4-10(3)5-7-11/h4-7,9H,8H2,1-3H3/q+1. The molecule has 0 aliphatic rings. The lowest BCUT2D eigenvalue weighted by Crippen LogP contribution is -2.35. The molecule has 0 amide bonds. The molecule has 1 heterocycles. The van der Waals surface area contributed by atoms with Crippen molar-refractivity contribution in [1.82, 2.24) is 0 Å². The van der Waals surface area contributed by atoms with Crippen LogP contribution in [0.5, 0.6) is 0 Å². The van der Waals surface area contributed by atoms with E-state index in [4.69, 9.17) is 0 Å². The molecule has 0 aliphatic heterocycles. The first kappa shape index (κ1) is 8.25. The minimum absolute atomic E-state index is 0.725. The zero-order chi connectivity index (χ0) is 8.27. The first-order chi connectivity index (χ1) is 5.18. The Morgan fingerprint density at radius 2 is 1.82 bits per heavy atom. The van der Waals surface area contributed by atoms with E-state index in [1.807, 2.05) is 0 Å². The Balaban J connectivity index is 2.66. The maximum absolute atomic E-state index is 2.23. The topological polar surface area (TPSA) is 3.88 Å². The highest BCUT2D eigenvalue weighted by atomic mass is 14.9. The number of hydrogen-bond donors (Lipinski definition) is 0. The summed E-state index contributed by atoms with van der Waals surface area (Å²) in [5, 5.41) is 0. The predicted molar refractivity (Wildman–Crippen MR) is 46.2 cm³/mol. The Labute approximate surface area is 68.7 Å². The first-order valence-corrected chi connectivity index (χ1v) is 4.14. The summed E-state index contributed by atoms with van der Waals surface area (Å²) in [6, 6.07) is 4.28. The van der Waals surface area contributed by atoms with E-state index in [9.17, 15) is 0 Å². The highest BCUT2D eigenvalue weighted by Crippen LogP contribution is 1.93. The molecule has 0 radical (unpaired) electrons. The summed E-state index contributed by atoms with van der Waals surface area (Å²) >= 11 is 0.